The predicted molar refractivity (Wildman–Crippen MR) is 81.9 cm³/mol. The Morgan fingerprint density at radius 2 is 2.10 bits per heavy atom. The average Bonchev–Trinajstić information content (AvgIpc) is 2.86. The van der Waals surface area contributed by atoms with Crippen LogP contribution >= 0.6 is 11.6 Å². The highest BCUT2D eigenvalue weighted by Gasteiger charge is 2.42. The quantitative estimate of drug-likeness (QED) is 0.551. The second-order valence-electron chi connectivity index (χ2n) is 7.48. The molecule has 4 atom stereocenters. The van der Waals surface area contributed by atoms with Gasteiger partial charge in [-0.25, -0.2) is 0 Å². The minimum absolute atomic E-state index is 0.0412. The molecule has 3 heteroatoms. The van der Waals surface area contributed by atoms with E-state index in [1.165, 1.54) is 25.7 Å². The monoisotopic (exact) mass is 298 g/mol. The second kappa shape index (κ2) is 5.62. The van der Waals surface area contributed by atoms with Gasteiger partial charge in [0.1, 0.15) is 0 Å². The molecule has 0 saturated carbocycles. The number of rotatable bonds is 2. The molecule has 0 aromatic rings. The van der Waals surface area contributed by atoms with Crippen molar-refractivity contribution in [2.24, 2.45) is 17.3 Å². The zero-order valence-electron chi connectivity index (χ0n) is 13.0. The van der Waals surface area contributed by atoms with Gasteiger partial charge in [-0.15, -0.1) is 11.6 Å². The van der Waals surface area contributed by atoms with Gasteiger partial charge in [-0.05, 0) is 43.4 Å². The van der Waals surface area contributed by atoms with E-state index >= 15 is 0 Å². The average molecular weight is 299 g/mol. The van der Waals surface area contributed by atoms with Crippen molar-refractivity contribution < 1.29 is 9.47 Å². The Kier molecular flexibility index (Phi) is 4.18. The van der Waals surface area contributed by atoms with Crippen LogP contribution in [0.15, 0.2) is 11.1 Å². The topological polar surface area (TPSA) is 18.5 Å². The highest BCUT2D eigenvalue weighted by molar-refractivity contribution is 6.18. The Morgan fingerprint density at radius 3 is 2.80 bits per heavy atom. The summed E-state index contributed by atoms with van der Waals surface area (Å²) in [6.45, 7) is 7.84. The van der Waals surface area contributed by atoms with E-state index in [4.69, 9.17) is 21.1 Å². The van der Waals surface area contributed by atoms with Crippen LogP contribution < -0.4 is 0 Å². The maximum absolute atomic E-state index is 5.99. The van der Waals surface area contributed by atoms with Crippen LogP contribution in [0.3, 0.4) is 0 Å². The molecule has 1 heterocycles. The fourth-order valence-corrected chi connectivity index (χ4v) is 4.45. The first kappa shape index (κ1) is 14.9. The molecule has 1 aliphatic heterocycles. The molecular weight excluding hydrogens is 272 g/mol. The molecule has 0 radical (unpaired) electrons. The molecule has 3 aliphatic rings. The largest absolute Gasteiger partial charge is 0.350 e. The molecule has 0 amide bonds. The van der Waals surface area contributed by atoms with Gasteiger partial charge in [0.15, 0.2) is 6.29 Å². The molecular formula is C17H27ClO2. The van der Waals surface area contributed by atoms with Crippen molar-refractivity contribution >= 4 is 11.6 Å². The lowest BCUT2D eigenvalue weighted by Gasteiger charge is -2.44. The number of allylic oxidation sites excluding steroid dienone is 2. The van der Waals surface area contributed by atoms with Crippen LogP contribution in [0.2, 0.25) is 0 Å². The number of hydrogen-bond donors (Lipinski definition) is 0. The molecule has 3 rings (SSSR count). The van der Waals surface area contributed by atoms with Crippen molar-refractivity contribution in [1.82, 2.24) is 0 Å². The smallest absolute Gasteiger partial charge is 0.161 e. The Balaban J connectivity index is 1.77. The Labute approximate surface area is 127 Å². The van der Waals surface area contributed by atoms with E-state index in [2.05, 4.69) is 20.8 Å². The summed E-state index contributed by atoms with van der Waals surface area (Å²) in [6, 6.07) is 0. The summed E-state index contributed by atoms with van der Waals surface area (Å²) in [6.07, 6.45) is 6.43. The van der Waals surface area contributed by atoms with Gasteiger partial charge >= 0.3 is 0 Å². The Bertz CT molecular complexity index is 402. The second-order valence-corrected chi connectivity index (χ2v) is 7.79. The van der Waals surface area contributed by atoms with E-state index < -0.39 is 0 Å². The summed E-state index contributed by atoms with van der Waals surface area (Å²) >= 11 is 5.89. The summed E-state index contributed by atoms with van der Waals surface area (Å²) in [4.78, 5) is 0. The molecule has 0 spiro atoms. The first-order valence-electron chi connectivity index (χ1n) is 8.05. The predicted octanol–water partition coefficient (Wildman–Crippen LogP) is 4.52. The van der Waals surface area contributed by atoms with Crippen molar-refractivity contribution in [3.63, 3.8) is 0 Å². The third-order valence-corrected chi connectivity index (χ3v) is 5.90. The Morgan fingerprint density at radius 1 is 1.30 bits per heavy atom. The number of ether oxygens (including phenoxy) is 2. The van der Waals surface area contributed by atoms with Gasteiger partial charge in [0.25, 0.3) is 0 Å². The van der Waals surface area contributed by atoms with Crippen LogP contribution in [0.1, 0.15) is 52.9 Å². The fraction of sp³-hybridized carbons (Fsp3) is 0.882. The lowest BCUT2D eigenvalue weighted by molar-refractivity contribution is -0.110. The first-order valence-corrected chi connectivity index (χ1v) is 8.59. The van der Waals surface area contributed by atoms with Crippen molar-refractivity contribution in [2.75, 3.05) is 12.5 Å². The Hall–Kier alpha value is -0.0500. The van der Waals surface area contributed by atoms with Crippen LogP contribution in [-0.4, -0.2) is 24.9 Å². The summed E-state index contributed by atoms with van der Waals surface area (Å²) in [7, 11) is 0. The van der Waals surface area contributed by atoms with Gasteiger partial charge < -0.3 is 9.47 Å². The molecule has 2 aliphatic carbocycles. The molecule has 20 heavy (non-hydrogen) atoms. The van der Waals surface area contributed by atoms with Gasteiger partial charge in [0, 0.05) is 5.92 Å². The van der Waals surface area contributed by atoms with Crippen LogP contribution in [0.4, 0.5) is 0 Å². The van der Waals surface area contributed by atoms with E-state index in [9.17, 15) is 0 Å². The normalized spacial score (nSPS) is 40.8. The van der Waals surface area contributed by atoms with Crippen molar-refractivity contribution in [3.05, 3.63) is 11.1 Å². The molecule has 0 bridgehead atoms. The molecule has 114 valence electrons. The van der Waals surface area contributed by atoms with E-state index in [0.29, 0.717) is 29.7 Å². The number of alkyl halides is 1. The zero-order chi connectivity index (χ0) is 14.3. The third-order valence-electron chi connectivity index (χ3n) is 5.56. The zero-order valence-corrected chi connectivity index (χ0v) is 13.7. The van der Waals surface area contributed by atoms with Crippen molar-refractivity contribution in [2.45, 2.75) is 65.3 Å². The minimum Gasteiger partial charge on any atom is -0.350 e. The van der Waals surface area contributed by atoms with Crippen LogP contribution in [0, 0.1) is 17.3 Å². The van der Waals surface area contributed by atoms with E-state index in [1.807, 2.05) is 0 Å². The maximum atomic E-state index is 5.99. The molecule has 0 aromatic carbocycles. The molecule has 2 nitrogen and oxygen atoms in total. The molecule has 0 N–H and O–H groups in total. The summed E-state index contributed by atoms with van der Waals surface area (Å²) in [5.41, 5.74) is 3.81. The van der Waals surface area contributed by atoms with E-state index in [0.717, 1.165) is 6.42 Å². The molecule has 0 aromatic heterocycles. The number of hydrogen-bond acceptors (Lipinski definition) is 2. The first-order chi connectivity index (χ1) is 9.51. The van der Waals surface area contributed by atoms with Crippen LogP contribution in [0.25, 0.3) is 0 Å². The molecule has 1 fully saturated rings. The number of halogens is 1. The van der Waals surface area contributed by atoms with E-state index in [1.54, 1.807) is 11.1 Å². The highest BCUT2D eigenvalue weighted by atomic mass is 35.5. The van der Waals surface area contributed by atoms with Crippen LogP contribution in [-0.2, 0) is 9.47 Å². The SMILES string of the molecule is C[C@H]1CC2=C(C[C@@H]1[C@@H]1OC[C@H](CCl)O1)C(C)(C)CCC2. The van der Waals surface area contributed by atoms with Gasteiger partial charge in [0.05, 0.1) is 18.6 Å². The van der Waals surface area contributed by atoms with E-state index in [-0.39, 0.29) is 12.4 Å². The van der Waals surface area contributed by atoms with Crippen LogP contribution in [0.5, 0.6) is 0 Å². The lowest BCUT2D eigenvalue weighted by Crippen LogP contribution is -2.36. The van der Waals surface area contributed by atoms with Gasteiger partial charge in [0.2, 0.25) is 0 Å². The summed E-state index contributed by atoms with van der Waals surface area (Å²) in [5, 5.41) is 0. The minimum atomic E-state index is -0.0412. The lowest BCUT2D eigenvalue weighted by atomic mass is 9.63. The molecule has 1 saturated heterocycles. The fourth-order valence-electron chi connectivity index (χ4n) is 4.29. The highest BCUT2D eigenvalue weighted by Crippen LogP contribution is 2.50. The maximum Gasteiger partial charge on any atom is 0.161 e. The van der Waals surface area contributed by atoms with Gasteiger partial charge in [-0.1, -0.05) is 31.9 Å². The summed E-state index contributed by atoms with van der Waals surface area (Å²) < 4.78 is 11.9. The summed E-state index contributed by atoms with van der Waals surface area (Å²) in [5.74, 6) is 1.69. The van der Waals surface area contributed by atoms with Gasteiger partial charge in [-0.2, -0.15) is 0 Å². The van der Waals surface area contributed by atoms with Crippen molar-refractivity contribution in [3.8, 4) is 0 Å². The molecule has 0 unspecified atom stereocenters. The third kappa shape index (κ3) is 2.67. The van der Waals surface area contributed by atoms with Crippen molar-refractivity contribution in [1.29, 1.82) is 0 Å². The van der Waals surface area contributed by atoms with Gasteiger partial charge in [-0.3, -0.25) is 0 Å². The standard InChI is InChI=1S/C17H27ClO2/c1-11-7-12-5-4-6-17(2,3)15(12)8-14(11)16-19-10-13(9-18)20-16/h11,13-14,16H,4-10H2,1-3H3/t11-,13-,14-,16+/m0/s1.